The van der Waals surface area contributed by atoms with Crippen LogP contribution in [0.1, 0.15) is 5.56 Å². The Balaban J connectivity index is 1.80. The molecule has 0 aromatic heterocycles. The lowest BCUT2D eigenvalue weighted by molar-refractivity contribution is -0.120. The molecule has 3 aromatic carbocycles. The number of ether oxygens (including phenoxy) is 3. The van der Waals surface area contributed by atoms with E-state index < -0.39 is 11.8 Å². The van der Waals surface area contributed by atoms with Crippen molar-refractivity contribution in [3.05, 3.63) is 83.0 Å². The number of imide groups is 1. The quantitative estimate of drug-likeness (QED) is 0.508. The summed E-state index contributed by atoms with van der Waals surface area (Å²) in [6, 6.07) is 18.6. The number of carbonyl (C=O) groups is 2. The molecule has 8 heteroatoms. The molecular weight excluding hydrogens is 444 g/mol. The first-order chi connectivity index (χ1) is 16.0. The number of nitrogens with one attached hydrogen (secondary N) is 1. The van der Waals surface area contributed by atoms with Crippen LogP contribution in [0.2, 0.25) is 5.02 Å². The molecule has 0 saturated heterocycles. The van der Waals surface area contributed by atoms with Gasteiger partial charge in [-0.25, -0.2) is 4.90 Å². The summed E-state index contributed by atoms with van der Waals surface area (Å²) in [7, 11) is 4.62. The van der Waals surface area contributed by atoms with Crippen LogP contribution in [0.4, 0.5) is 11.4 Å². The Labute approximate surface area is 196 Å². The van der Waals surface area contributed by atoms with Gasteiger partial charge in [-0.2, -0.15) is 0 Å². The fourth-order valence-electron chi connectivity index (χ4n) is 3.55. The van der Waals surface area contributed by atoms with E-state index in [4.69, 9.17) is 25.8 Å². The second-order valence-electron chi connectivity index (χ2n) is 7.10. The highest BCUT2D eigenvalue weighted by molar-refractivity contribution is 6.46. The molecule has 0 radical (unpaired) electrons. The average Bonchev–Trinajstić information content (AvgIpc) is 3.08. The molecule has 1 heterocycles. The third-order valence-corrected chi connectivity index (χ3v) is 5.45. The summed E-state index contributed by atoms with van der Waals surface area (Å²) in [6.07, 6.45) is 0. The molecule has 0 unspecified atom stereocenters. The minimum absolute atomic E-state index is 0.146. The Morgan fingerprint density at radius 1 is 0.758 bits per heavy atom. The van der Waals surface area contributed by atoms with Crippen LogP contribution in [0, 0.1) is 0 Å². The number of hydrogen-bond acceptors (Lipinski definition) is 6. The van der Waals surface area contributed by atoms with E-state index in [2.05, 4.69) is 5.32 Å². The summed E-state index contributed by atoms with van der Waals surface area (Å²) in [5, 5.41) is 3.61. The summed E-state index contributed by atoms with van der Waals surface area (Å²) in [5.41, 5.74) is 1.95. The van der Waals surface area contributed by atoms with Crippen LogP contribution < -0.4 is 24.4 Å². The maximum atomic E-state index is 13.5. The highest BCUT2D eigenvalue weighted by Gasteiger charge is 2.40. The van der Waals surface area contributed by atoms with E-state index >= 15 is 0 Å². The minimum Gasteiger partial charge on any atom is -0.497 e. The van der Waals surface area contributed by atoms with E-state index in [1.807, 2.05) is 0 Å². The van der Waals surface area contributed by atoms with Crippen molar-refractivity contribution in [3.8, 4) is 17.2 Å². The zero-order valence-electron chi connectivity index (χ0n) is 18.2. The lowest BCUT2D eigenvalue weighted by Crippen LogP contribution is -2.32. The SMILES string of the molecule is COc1ccc(C2=C(Nc3ccc(OC)c(OC)c3)C(=O)N(c3ccc(Cl)cc3)C2=O)cc1. The zero-order chi connectivity index (χ0) is 23.5. The lowest BCUT2D eigenvalue weighted by Gasteiger charge is -2.16. The smallest absolute Gasteiger partial charge is 0.282 e. The number of carbonyl (C=O) groups excluding carboxylic acids is 2. The van der Waals surface area contributed by atoms with Crippen molar-refractivity contribution in [2.45, 2.75) is 0 Å². The van der Waals surface area contributed by atoms with Gasteiger partial charge in [0, 0.05) is 16.8 Å². The Bertz CT molecular complexity index is 1240. The van der Waals surface area contributed by atoms with Gasteiger partial charge >= 0.3 is 0 Å². The molecule has 33 heavy (non-hydrogen) atoms. The molecule has 0 atom stereocenters. The van der Waals surface area contributed by atoms with Crippen molar-refractivity contribution in [2.75, 3.05) is 31.5 Å². The van der Waals surface area contributed by atoms with Crippen molar-refractivity contribution in [1.82, 2.24) is 0 Å². The van der Waals surface area contributed by atoms with E-state index in [0.717, 1.165) is 4.90 Å². The number of halogens is 1. The molecule has 1 aliphatic heterocycles. The topological polar surface area (TPSA) is 77.1 Å². The van der Waals surface area contributed by atoms with Crippen LogP contribution in [0.3, 0.4) is 0 Å². The van der Waals surface area contributed by atoms with Crippen LogP contribution in [0.25, 0.3) is 5.57 Å². The molecule has 4 rings (SSSR count). The van der Waals surface area contributed by atoms with Crippen molar-refractivity contribution in [1.29, 1.82) is 0 Å². The monoisotopic (exact) mass is 464 g/mol. The Morgan fingerprint density at radius 2 is 1.42 bits per heavy atom. The van der Waals surface area contributed by atoms with E-state index in [1.54, 1.807) is 80.9 Å². The van der Waals surface area contributed by atoms with Gasteiger partial charge in [0.25, 0.3) is 11.8 Å². The first-order valence-corrected chi connectivity index (χ1v) is 10.4. The van der Waals surface area contributed by atoms with E-state index in [1.165, 1.54) is 7.11 Å². The highest BCUT2D eigenvalue weighted by Crippen LogP contribution is 2.36. The standard InChI is InChI=1S/C25H21ClN2O5/c1-31-19-11-4-15(5-12-19)22-23(27-17-8-13-20(32-2)21(14-17)33-3)25(30)28(24(22)29)18-9-6-16(26)7-10-18/h4-14,27H,1-3H3. The number of nitrogens with zero attached hydrogens (tertiary/aromatic N) is 1. The van der Waals surface area contributed by atoms with Crippen LogP contribution in [0.5, 0.6) is 17.2 Å². The number of rotatable bonds is 7. The molecule has 2 amide bonds. The maximum absolute atomic E-state index is 13.5. The van der Waals surface area contributed by atoms with Crippen molar-refractivity contribution < 1.29 is 23.8 Å². The molecular formula is C25H21ClN2O5. The Morgan fingerprint density at radius 3 is 2.03 bits per heavy atom. The van der Waals surface area contributed by atoms with Gasteiger partial charge in [-0.1, -0.05) is 23.7 Å². The van der Waals surface area contributed by atoms with Crippen molar-refractivity contribution in [3.63, 3.8) is 0 Å². The van der Waals surface area contributed by atoms with Gasteiger partial charge < -0.3 is 19.5 Å². The molecule has 7 nitrogen and oxygen atoms in total. The summed E-state index contributed by atoms with van der Waals surface area (Å²) < 4.78 is 15.9. The molecule has 1 N–H and O–H groups in total. The van der Waals surface area contributed by atoms with Crippen LogP contribution >= 0.6 is 11.6 Å². The third kappa shape index (κ3) is 4.23. The van der Waals surface area contributed by atoms with Gasteiger partial charge in [-0.15, -0.1) is 0 Å². The predicted molar refractivity (Wildman–Crippen MR) is 127 cm³/mol. The number of amides is 2. The number of benzene rings is 3. The molecule has 3 aromatic rings. The van der Waals surface area contributed by atoms with E-state index in [9.17, 15) is 9.59 Å². The molecule has 0 fully saturated rings. The Kier molecular flexibility index (Phi) is 6.24. The fourth-order valence-corrected chi connectivity index (χ4v) is 3.68. The van der Waals surface area contributed by atoms with Gasteiger partial charge in [0.15, 0.2) is 11.5 Å². The summed E-state index contributed by atoms with van der Waals surface area (Å²) in [5.74, 6) is 0.739. The van der Waals surface area contributed by atoms with E-state index in [0.29, 0.717) is 39.2 Å². The second kappa shape index (κ2) is 9.26. The molecule has 0 aliphatic carbocycles. The molecule has 168 valence electrons. The van der Waals surface area contributed by atoms with Crippen LogP contribution in [0.15, 0.2) is 72.4 Å². The normalized spacial score (nSPS) is 13.4. The number of methoxy groups -OCH3 is 3. The highest BCUT2D eigenvalue weighted by atomic mass is 35.5. The second-order valence-corrected chi connectivity index (χ2v) is 7.53. The first kappa shape index (κ1) is 22.2. The molecule has 0 bridgehead atoms. The van der Waals surface area contributed by atoms with Crippen molar-refractivity contribution >= 4 is 40.4 Å². The number of anilines is 2. The lowest BCUT2D eigenvalue weighted by atomic mass is 10.0. The zero-order valence-corrected chi connectivity index (χ0v) is 19.0. The first-order valence-electron chi connectivity index (χ1n) is 9.99. The molecule has 1 aliphatic rings. The third-order valence-electron chi connectivity index (χ3n) is 5.20. The van der Waals surface area contributed by atoms with Gasteiger partial charge in [-0.3, -0.25) is 9.59 Å². The fraction of sp³-hybridized carbons (Fsp3) is 0.120. The van der Waals surface area contributed by atoms with Gasteiger partial charge in [0.05, 0.1) is 32.6 Å². The molecule has 0 spiro atoms. The minimum atomic E-state index is -0.483. The average molecular weight is 465 g/mol. The maximum Gasteiger partial charge on any atom is 0.282 e. The van der Waals surface area contributed by atoms with Gasteiger partial charge in [0.1, 0.15) is 11.4 Å². The summed E-state index contributed by atoms with van der Waals surface area (Å²) in [6.45, 7) is 0. The van der Waals surface area contributed by atoms with Crippen LogP contribution in [-0.4, -0.2) is 33.1 Å². The van der Waals surface area contributed by atoms with E-state index in [-0.39, 0.29) is 11.3 Å². The Hall–Kier alpha value is -3.97. The summed E-state index contributed by atoms with van der Waals surface area (Å²) >= 11 is 5.99. The molecule has 0 saturated carbocycles. The van der Waals surface area contributed by atoms with Crippen LogP contribution in [-0.2, 0) is 9.59 Å². The largest absolute Gasteiger partial charge is 0.497 e. The number of hydrogen-bond donors (Lipinski definition) is 1. The van der Waals surface area contributed by atoms with Crippen molar-refractivity contribution in [2.24, 2.45) is 0 Å². The van der Waals surface area contributed by atoms with Gasteiger partial charge in [-0.05, 0) is 54.1 Å². The van der Waals surface area contributed by atoms with Gasteiger partial charge in [0.2, 0.25) is 0 Å². The predicted octanol–water partition coefficient (Wildman–Crippen LogP) is 4.76. The summed E-state index contributed by atoms with van der Waals surface area (Å²) in [4.78, 5) is 28.1.